The summed E-state index contributed by atoms with van der Waals surface area (Å²) in [7, 11) is -9.86. The summed E-state index contributed by atoms with van der Waals surface area (Å²) >= 11 is 0. The van der Waals surface area contributed by atoms with Crippen molar-refractivity contribution in [1.29, 1.82) is 0 Å². The first-order chi connectivity index (χ1) is 5.77. The van der Waals surface area contributed by atoms with E-state index < -0.39 is 18.2 Å². The Kier molecular flexibility index (Phi) is 9.04. The quantitative estimate of drug-likeness (QED) is 0.147. The van der Waals surface area contributed by atoms with Gasteiger partial charge in [-0.05, 0) is 0 Å². The van der Waals surface area contributed by atoms with Gasteiger partial charge in [0.15, 0.2) is 0 Å². The first kappa shape index (κ1) is 17.4. The Labute approximate surface area is 114 Å². The summed E-state index contributed by atoms with van der Waals surface area (Å²) in [5.41, 5.74) is 1.87. The van der Waals surface area contributed by atoms with Crippen molar-refractivity contribution in [1.82, 2.24) is 5.48 Å². The van der Waals surface area contributed by atoms with Gasteiger partial charge in [0.1, 0.15) is 0 Å². The fraction of sp³-hybridized carbons (Fsp3) is 0.333. The van der Waals surface area contributed by atoms with Crippen LogP contribution in [0, 0.1) is 0 Å². The van der Waals surface area contributed by atoms with Gasteiger partial charge in [-0.1, -0.05) is 6.08 Å². The van der Waals surface area contributed by atoms with Gasteiger partial charge in [-0.25, -0.2) is 4.57 Å². The Morgan fingerprint density at radius 2 is 2.14 bits per heavy atom. The summed E-state index contributed by atoms with van der Waals surface area (Å²) in [5.74, 6) is 0. The minimum atomic E-state index is -5.02. The SMILES string of the molecule is C=CCNOP(=O)(O)OS(=O)(=O)O.[Ca+2].[H-].[H-]. The molecule has 0 aromatic carbocycles. The Bertz CT molecular complexity index is 324. The Morgan fingerprint density at radius 3 is 2.50 bits per heavy atom. The molecule has 0 radical (unpaired) electrons. The van der Waals surface area contributed by atoms with Crippen molar-refractivity contribution >= 4 is 56.0 Å². The molecule has 3 N–H and O–H groups in total. The van der Waals surface area contributed by atoms with Crippen molar-refractivity contribution in [3.8, 4) is 0 Å². The Balaban J connectivity index is -0.000000240. The molecule has 0 aliphatic heterocycles. The average Bonchev–Trinajstić information content (AvgIpc) is 1.81. The molecule has 0 aromatic rings. The van der Waals surface area contributed by atoms with E-state index in [0.717, 1.165) is 0 Å². The number of nitrogens with one attached hydrogen (secondary N) is 1. The molecule has 1 unspecified atom stereocenters. The smallest absolute Gasteiger partial charge is 1.00 e. The van der Waals surface area contributed by atoms with Gasteiger partial charge in [-0.2, -0.15) is 18.5 Å². The molecule has 82 valence electrons. The zero-order valence-electron chi connectivity index (χ0n) is 8.99. The first-order valence-electron chi connectivity index (χ1n) is 2.80. The van der Waals surface area contributed by atoms with Crippen LogP contribution in [0.2, 0.25) is 0 Å². The predicted molar refractivity (Wildman–Crippen MR) is 49.7 cm³/mol. The fourth-order valence-corrected chi connectivity index (χ4v) is 1.62. The van der Waals surface area contributed by atoms with Crippen LogP contribution in [-0.4, -0.2) is 62.1 Å². The third kappa shape index (κ3) is 11.1. The summed E-state index contributed by atoms with van der Waals surface area (Å²) in [6.07, 6.45) is 1.29. The van der Waals surface area contributed by atoms with Crippen LogP contribution in [0.5, 0.6) is 0 Å². The van der Waals surface area contributed by atoms with Gasteiger partial charge in [0.2, 0.25) is 0 Å². The number of rotatable bonds is 6. The third-order valence-corrected chi connectivity index (χ3v) is 2.46. The molecule has 0 aliphatic rings. The topological polar surface area (TPSA) is 122 Å². The second kappa shape index (κ2) is 7.29. The molecular formula is C3H10CaNO7PS. The molecule has 0 fully saturated rings. The van der Waals surface area contributed by atoms with E-state index in [2.05, 4.69) is 15.2 Å². The summed E-state index contributed by atoms with van der Waals surface area (Å²) in [5, 5.41) is 0. The normalized spacial score (nSPS) is 15.3. The van der Waals surface area contributed by atoms with E-state index in [1.165, 1.54) is 6.08 Å². The molecule has 0 spiro atoms. The molecule has 1 atom stereocenters. The van der Waals surface area contributed by atoms with Gasteiger partial charge in [-0.3, -0.25) is 4.55 Å². The summed E-state index contributed by atoms with van der Waals surface area (Å²) in [6.45, 7) is 3.23. The molecule has 0 aliphatic carbocycles. The van der Waals surface area contributed by atoms with E-state index in [1.54, 1.807) is 0 Å². The summed E-state index contributed by atoms with van der Waals surface area (Å²) < 4.78 is 45.7. The average molecular weight is 275 g/mol. The monoisotopic (exact) mass is 275 g/mol. The van der Waals surface area contributed by atoms with Crippen molar-refractivity contribution < 1.29 is 33.9 Å². The maximum Gasteiger partial charge on any atom is 2.00 e. The Morgan fingerprint density at radius 1 is 1.64 bits per heavy atom. The molecule has 0 heterocycles. The van der Waals surface area contributed by atoms with Gasteiger partial charge < -0.3 is 7.75 Å². The molecule has 8 nitrogen and oxygen atoms in total. The van der Waals surface area contributed by atoms with Gasteiger partial charge in [0.05, 0.1) is 0 Å². The van der Waals surface area contributed by atoms with Crippen molar-refractivity contribution in [3.05, 3.63) is 12.7 Å². The second-order valence-electron chi connectivity index (χ2n) is 1.70. The number of phosphoric acid groups is 1. The zero-order valence-corrected chi connectivity index (χ0v) is 10.9. The first-order valence-corrected chi connectivity index (χ1v) is 5.67. The minimum Gasteiger partial charge on any atom is -1.00 e. The van der Waals surface area contributed by atoms with Crippen LogP contribution in [0.15, 0.2) is 12.7 Å². The van der Waals surface area contributed by atoms with Gasteiger partial charge in [0.25, 0.3) is 0 Å². The third-order valence-electron chi connectivity index (χ3n) is 0.596. The summed E-state index contributed by atoms with van der Waals surface area (Å²) in [6, 6.07) is 0. The maximum atomic E-state index is 10.6. The molecule has 11 heteroatoms. The predicted octanol–water partition coefficient (Wildman–Crippen LogP) is -0.542. The number of hydrogen-bond acceptors (Lipinski definition) is 6. The van der Waals surface area contributed by atoms with Crippen molar-refractivity contribution in [2.45, 2.75) is 0 Å². The van der Waals surface area contributed by atoms with E-state index >= 15 is 0 Å². The van der Waals surface area contributed by atoms with Crippen LogP contribution >= 0.6 is 7.82 Å². The standard InChI is InChI=1S/C3H8NO7PS.Ca.2H/c1-2-3-4-10-12(5,6)11-13(7,8)9;;;/h2,4H,1,3H2,(H,5,6)(H,7,8,9);;;/q;+2;2*-1. The van der Waals surface area contributed by atoms with Crippen LogP contribution in [0.1, 0.15) is 2.85 Å². The second-order valence-corrected chi connectivity index (χ2v) is 4.27. The van der Waals surface area contributed by atoms with E-state index in [4.69, 9.17) is 9.45 Å². The fourth-order valence-electron chi connectivity index (χ4n) is 0.312. The molecular weight excluding hydrogens is 265 g/mol. The van der Waals surface area contributed by atoms with Crippen molar-refractivity contribution in [2.24, 2.45) is 0 Å². The van der Waals surface area contributed by atoms with E-state index in [1.807, 2.05) is 5.48 Å². The molecule has 0 aromatic heterocycles. The van der Waals surface area contributed by atoms with Crippen LogP contribution in [0.4, 0.5) is 0 Å². The van der Waals surface area contributed by atoms with Crippen molar-refractivity contribution in [2.75, 3.05) is 6.54 Å². The van der Waals surface area contributed by atoms with Crippen molar-refractivity contribution in [3.63, 3.8) is 0 Å². The maximum absolute atomic E-state index is 10.6. The van der Waals surface area contributed by atoms with E-state index in [0.29, 0.717) is 0 Å². The minimum absolute atomic E-state index is 0. The summed E-state index contributed by atoms with van der Waals surface area (Å²) in [4.78, 5) is 8.55. The Hall–Kier alpha value is 0.980. The largest absolute Gasteiger partial charge is 2.00 e. The molecule has 0 saturated carbocycles. The number of hydroxylamine groups is 1. The van der Waals surface area contributed by atoms with Crippen LogP contribution < -0.4 is 5.48 Å². The molecule has 0 amide bonds. The molecule has 0 saturated heterocycles. The molecule has 14 heavy (non-hydrogen) atoms. The van der Waals surface area contributed by atoms with Crippen LogP contribution in [0.3, 0.4) is 0 Å². The molecule has 0 rings (SSSR count). The zero-order chi connectivity index (χ0) is 10.5. The van der Waals surface area contributed by atoms with Gasteiger partial charge in [0, 0.05) is 6.54 Å². The van der Waals surface area contributed by atoms with Crippen LogP contribution in [-0.2, 0) is 23.6 Å². The van der Waals surface area contributed by atoms with E-state index in [9.17, 15) is 13.0 Å². The van der Waals surface area contributed by atoms with Gasteiger partial charge >= 0.3 is 56.0 Å². The van der Waals surface area contributed by atoms with Gasteiger partial charge in [-0.15, -0.1) is 10.5 Å². The van der Waals surface area contributed by atoms with E-state index in [-0.39, 0.29) is 47.1 Å². The van der Waals surface area contributed by atoms with Crippen LogP contribution in [0.25, 0.3) is 0 Å². The molecule has 0 bridgehead atoms. The number of hydrogen-bond donors (Lipinski definition) is 3.